The van der Waals surface area contributed by atoms with Gasteiger partial charge in [0.1, 0.15) is 5.82 Å². The molecule has 0 fully saturated rings. The Morgan fingerprint density at radius 3 is 1.75 bits per heavy atom. The van der Waals surface area contributed by atoms with Gasteiger partial charge < -0.3 is 18.8 Å². The van der Waals surface area contributed by atoms with E-state index < -0.39 is 0 Å². The molecule has 0 atom stereocenters. The molecule has 80 heavy (non-hydrogen) atoms. The standard InChI is InChI=1S/C73H60N5O.Pt/c1-71(2,3)49-31-29-46(30-32-49)47-37-48(39-51(38-47)73(7,8)9)56-24-17-25-63-59-21-13-11-19-57(59)58-20-12-14-22-60(58)64-26-18-28-66-70(64)77(69(56)63)45-76(66)53-41-52(74-10)42-55(43-53)79-54-33-34-62-61-23-15-16-27-65(61)78(67(62)44-54)68-40-50(35-36-75-68)72(4,5)6;/h11-42,45H,1-9H3;/q-3;. The van der Waals surface area contributed by atoms with Crippen LogP contribution in [-0.2, 0) is 37.3 Å². The molecule has 0 N–H and O–H groups in total. The molecular weight excluding hydrogens is 1160 g/mol. The Kier molecular flexibility index (Phi) is 12.8. The average molecular weight is 1220 g/mol. The summed E-state index contributed by atoms with van der Waals surface area (Å²) in [4.78, 5) is 11.1. The van der Waals surface area contributed by atoms with Gasteiger partial charge in [-0.2, -0.15) is 6.07 Å². The van der Waals surface area contributed by atoms with Crippen LogP contribution >= 0.6 is 0 Å². The fourth-order valence-corrected chi connectivity index (χ4v) is 11.6. The van der Waals surface area contributed by atoms with Gasteiger partial charge in [0.05, 0.1) is 12.3 Å². The Morgan fingerprint density at radius 2 is 1.09 bits per heavy atom. The predicted molar refractivity (Wildman–Crippen MR) is 330 cm³/mol. The van der Waals surface area contributed by atoms with E-state index in [2.05, 4.69) is 270 Å². The zero-order valence-corrected chi connectivity index (χ0v) is 48.8. The summed E-state index contributed by atoms with van der Waals surface area (Å²) in [5.41, 5.74) is 14.2. The third kappa shape index (κ3) is 9.04. The third-order valence-corrected chi connectivity index (χ3v) is 15.8. The Hall–Kier alpha value is -8.62. The second-order valence-electron chi connectivity index (χ2n) is 24.1. The van der Waals surface area contributed by atoms with Crippen molar-refractivity contribution in [3.63, 3.8) is 0 Å². The molecule has 0 unspecified atom stereocenters. The van der Waals surface area contributed by atoms with Crippen LogP contribution in [0.5, 0.6) is 11.5 Å². The summed E-state index contributed by atoms with van der Waals surface area (Å²) in [6, 6.07) is 74.8. The van der Waals surface area contributed by atoms with Gasteiger partial charge in [0.15, 0.2) is 0 Å². The molecule has 9 aromatic carbocycles. The molecule has 6 nitrogen and oxygen atoms in total. The van der Waals surface area contributed by atoms with Gasteiger partial charge in [-0.25, -0.2) is 4.98 Å². The topological polar surface area (TPSA) is 39.6 Å². The minimum Gasteiger partial charge on any atom is -0.510 e. The Labute approximate surface area is 483 Å². The van der Waals surface area contributed by atoms with Gasteiger partial charge >= 0.3 is 0 Å². The first-order chi connectivity index (χ1) is 38.0. The molecule has 396 valence electrons. The summed E-state index contributed by atoms with van der Waals surface area (Å²) >= 11 is 0. The van der Waals surface area contributed by atoms with Crippen LogP contribution in [0.1, 0.15) is 79.0 Å². The molecule has 0 saturated heterocycles. The van der Waals surface area contributed by atoms with E-state index in [9.17, 15) is 0 Å². The molecule has 4 heterocycles. The third-order valence-electron chi connectivity index (χ3n) is 15.8. The zero-order chi connectivity index (χ0) is 54.5. The van der Waals surface area contributed by atoms with E-state index in [1.165, 1.54) is 33.2 Å². The normalized spacial score (nSPS) is 12.5. The van der Waals surface area contributed by atoms with Crippen LogP contribution in [0.2, 0.25) is 0 Å². The molecule has 13 rings (SSSR count). The number of hydrogen-bond acceptors (Lipinski definition) is 3. The maximum atomic E-state index is 8.44. The maximum Gasteiger partial charge on any atom is 0.135 e. The summed E-state index contributed by atoms with van der Waals surface area (Å²) in [6.07, 6.45) is 1.89. The summed E-state index contributed by atoms with van der Waals surface area (Å²) < 4.78 is 11.4. The number of pyridine rings is 1. The van der Waals surface area contributed by atoms with Crippen molar-refractivity contribution < 1.29 is 25.8 Å². The largest absolute Gasteiger partial charge is 0.510 e. The molecule has 0 saturated carbocycles. The number of aromatic nitrogens is 3. The van der Waals surface area contributed by atoms with Crippen molar-refractivity contribution >= 4 is 82.2 Å². The fraction of sp³-hybridized carbons (Fsp3) is 0.164. The van der Waals surface area contributed by atoms with Crippen molar-refractivity contribution in [1.29, 1.82) is 0 Å². The van der Waals surface area contributed by atoms with Crippen LogP contribution < -0.4 is 9.64 Å². The van der Waals surface area contributed by atoms with Crippen LogP contribution in [0, 0.1) is 25.4 Å². The van der Waals surface area contributed by atoms with E-state index in [1.807, 2.05) is 18.3 Å². The van der Waals surface area contributed by atoms with Crippen molar-refractivity contribution in [3.8, 4) is 39.6 Å². The molecule has 1 aliphatic rings. The van der Waals surface area contributed by atoms with Gasteiger partial charge in [-0.05, 0) is 141 Å². The number of rotatable bonds is 6. The number of para-hydroxylation sites is 3. The van der Waals surface area contributed by atoms with E-state index in [0.717, 1.165) is 82.4 Å². The molecule has 0 spiro atoms. The summed E-state index contributed by atoms with van der Waals surface area (Å²) in [7, 11) is 0. The van der Waals surface area contributed by atoms with E-state index in [0.29, 0.717) is 22.9 Å². The number of nitrogens with zero attached hydrogens (tertiary/aromatic N) is 5. The van der Waals surface area contributed by atoms with Crippen LogP contribution in [0.25, 0.3) is 98.1 Å². The quantitative estimate of drug-likeness (QED) is 0.156. The molecule has 0 amide bonds. The Balaban J connectivity index is 0.00000637. The molecule has 7 heteroatoms. The monoisotopic (exact) mass is 1220 g/mol. The molecule has 0 radical (unpaired) electrons. The maximum absolute atomic E-state index is 8.44. The van der Waals surface area contributed by atoms with Crippen LogP contribution in [0.4, 0.5) is 17.1 Å². The summed E-state index contributed by atoms with van der Waals surface area (Å²) in [5.74, 6) is 1.72. The molecule has 0 aliphatic carbocycles. The van der Waals surface area contributed by atoms with Crippen molar-refractivity contribution in [3.05, 3.63) is 241 Å². The van der Waals surface area contributed by atoms with Crippen molar-refractivity contribution in [1.82, 2.24) is 14.1 Å². The van der Waals surface area contributed by atoms with Crippen LogP contribution in [0.3, 0.4) is 0 Å². The van der Waals surface area contributed by atoms with Crippen molar-refractivity contribution in [2.45, 2.75) is 78.6 Å². The number of benzene rings is 9. The summed E-state index contributed by atoms with van der Waals surface area (Å²) in [6.45, 7) is 31.0. The van der Waals surface area contributed by atoms with Gasteiger partial charge in [-0.3, -0.25) is 4.85 Å². The molecule has 0 bridgehead atoms. The van der Waals surface area contributed by atoms with Crippen molar-refractivity contribution in [2.24, 2.45) is 0 Å². The Morgan fingerprint density at radius 1 is 0.487 bits per heavy atom. The predicted octanol–water partition coefficient (Wildman–Crippen LogP) is 20.0. The number of anilines is 2. The van der Waals surface area contributed by atoms with E-state index in [-0.39, 0.29) is 37.3 Å². The number of fused-ring (bicyclic) bond motifs is 10. The van der Waals surface area contributed by atoms with E-state index >= 15 is 0 Å². The minimum atomic E-state index is -0.137. The smallest absolute Gasteiger partial charge is 0.135 e. The van der Waals surface area contributed by atoms with Crippen LogP contribution in [-0.4, -0.2) is 14.1 Å². The molecular formula is C73H60N5OPt-3. The van der Waals surface area contributed by atoms with Crippen molar-refractivity contribution in [2.75, 3.05) is 4.90 Å². The average Bonchev–Trinajstić information content (AvgIpc) is 4.22. The van der Waals surface area contributed by atoms with E-state index in [4.69, 9.17) is 16.3 Å². The first-order valence-electron chi connectivity index (χ1n) is 27.2. The number of hydrogen-bond donors (Lipinski definition) is 0. The van der Waals surface area contributed by atoms with Gasteiger partial charge in [-0.1, -0.05) is 207 Å². The number of ether oxygens (including phenoxy) is 1. The second kappa shape index (κ2) is 19.6. The minimum absolute atomic E-state index is 0. The molecule has 3 aromatic heterocycles. The van der Waals surface area contributed by atoms with Crippen LogP contribution in [0.15, 0.2) is 194 Å². The van der Waals surface area contributed by atoms with Gasteiger partial charge in [0.25, 0.3) is 0 Å². The Bertz CT molecular complexity index is 4570. The molecule has 12 aromatic rings. The SMILES string of the molecule is [C-]#[N+]c1cc(Oc2[c-]c3c(cc2)c2ccccc2n3-c2cc(C(C)(C)C)ccn2)[c-]c(N2[CH-]n3c4c(-c5cc(-c6ccc(C(C)(C)C)cc6)cc(C(C)(C)C)c5)cccc4c4ccccc4c4ccccc4c4cccc2c43)c1.[Pt]. The van der Waals surface area contributed by atoms with E-state index in [1.54, 1.807) is 6.07 Å². The fourth-order valence-electron chi connectivity index (χ4n) is 11.6. The summed E-state index contributed by atoms with van der Waals surface area (Å²) in [5, 5.41) is 8.92. The van der Waals surface area contributed by atoms with Gasteiger partial charge in [0, 0.05) is 50.0 Å². The first-order valence-corrected chi connectivity index (χ1v) is 27.2. The zero-order valence-electron chi connectivity index (χ0n) is 46.5. The van der Waals surface area contributed by atoms with Gasteiger partial charge in [-0.15, -0.1) is 35.7 Å². The molecule has 1 aliphatic heterocycles. The first kappa shape index (κ1) is 52.1. The second-order valence-corrected chi connectivity index (χ2v) is 24.1. The van der Waals surface area contributed by atoms with Gasteiger partial charge in [0.2, 0.25) is 0 Å².